The molecule has 0 N–H and O–H groups in total. The zero-order valence-corrected chi connectivity index (χ0v) is 16.0. The first-order valence-electron chi connectivity index (χ1n) is 8.01. The number of nitrogens with zero attached hydrogens (tertiary/aromatic N) is 1. The number of allylic oxidation sites excluding steroid dienone is 1. The number of hydrogen-bond acceptors (Lipinski definition) is 6. The van der Waals surface area contributed by atoms with Crippen molar-refractivity contribution in [2.75, 3.05) is 13.4 Å². The van der Waals surface area contributed by atoms with Crippen molar-refractivity contribution >= 4 is 40.6 Å². The summed E-state index contributed by atoms with van der Waals surface area (Å²) in [6, 6.07) is 2.11. The van der Waals surface area contributed by atoms with Crippen molar-refractivity contribution in [2.45, 2.75) is 43.2 Å². The summed E-state index contributed by atoms with van der Waals surface area (Å²) in [5.74, 6) is -0.786. The van der Waals surface area contributed by atoms with Crippen LogP contribution in [-0.2, 0) is 14.3 Å². The van der Waals surface area contributed by atoms with Gasteiger partial charge in [-0.05, 0) is 44.6 Å². The number of rotatable bonds is 3. The van der Waals surface area contributed by atoms with Crippen molar-refractivity contribution in [3.63, 3.8) is 0 Å². The molecule has 6 heteroatoms. The number of aryl methyl sites for hydroxylation is 1. The molecular weight excluding hydrogens is 342 g/mol. The molecule has 0 aromatic carbocycles. The third-order valence-corrected chi connectivity index (χ3v) is 6.90. The Morgan fingerprint density at radius 2 is 2.08 bits per heavy atom. The van der Waals surface area contributed by atoms with Gasteiger partial charge in [0.05, 0.1) is 22.8 Å². The van der Waals surface area contributed by atoms with E-state index < -0.39 is 0 Å². The van der Waals surface area contributed by atoms with Gasteiger partial charge in [-0.1, -0.05) is 0 Å². The lowest BCUT2D eigenvalue weighted by Crippen LogP contribution is -2.39. The molecule has 2 heterocycles. The molecule has 1 saturated carbocycles. The second kappa shape index (κ2) is 6.84. The minimum Gasteiger partial charge on any atom is -0.466 e. The number of ketones is 1. The highest BCUT2D eigenvalue weighted by molar-refractivity contribution is 8.00. The molecule has 0 bridgehead atoms. The van der Waals surface area contributed by atoms with E-state index in [0.29, 0.717) is 17.7 Å². The molecule has 1 aliphatic heterocycles. The Morgan fingerprint density at radius 1 is 1.33 bits per heavy atom. The van der Waals surface area contributed by atoms with E-state index in [4.69, 9.17) is 4.74 Å². The Labute approximate surface area is 150 Å². The van der Waals surface area contributed by atoms with Gasteiger partial charge in [-0.15, -0.1) is 23.1 Å². The molecule has 1 unspecified atom stereocenters. The maximum absolute atomic E-state index is 12.7. The molecule has 2 atom stereocenters. The first kappa shape index (κ1) is 17.4. The number of thiophene rings is 1. The van der Waals surface area contributed by atoms with E-state index in [1.165, 1.54) is 12.0 Å². The van der Waals surface area contributed by atoms with E-state index >= 15 is 0 Å². The topological polar surface area (TPSA) is 55.7 Å². The van der Waals surface area contributed by atoms with Crippen LogP contribution in [0.5, 0.6) is 0 Å². The number of Topliss-reactive ketones (excluding diaryl/α,β-unsaturated/α-hetero) is 1. The zero-order valence-electron chi connectivity index (χ0n) is 14.3. The van der Waals surface area contributed by atoms with E-state index in [1.807, 2.05) is 13.2 Å². The second-order valence-corrected chi connectivity index (χ2v) is 8.50. The SMILES string of the molecule is COC(=O)C1=C(C)N=C2CCCC(=O)C2[C@@H]1c1cc(C)sc1SC. The molecule has 0 spiro atoms. The van der Waals surface area contributed by atoms with Crippen LogP contribution < -0.4 is 0 Å². The van der Waals surface area contributed by atoms with Gasteiger partial charge in [0, 0.05) is 28.6 Å². The van der Waals surface area contributed by atoms with Gasteiger partial charge in [0.15, 0.2) is 0 Å². The van der Waals surface area contributed by atoms with Gasteiger partial charge in [0.25, 0.3) is 0 Å². The van der Waals surface area contributed by atoms with Gasteiger partial charge in [-0.2, -0.15) is 0 Å². The predicted molar refractivity (Wildman–Crippen MR) is 98.1 cm³/mol. The van der Waals surface area contributed by atoms with Crippen molar-refractivity contribution in [3.05, 3.63) is 27.8 Å². The van der Waals surface area contributed by atoms with Crippen LogP contribution in [0.3, 0.4) is 0 Å². The number of ether oxygens (including phenoxy) is 1. The quantitative estimate of drug-likeness (QED) is 0.598. The Kier molecular flexibility index (Phi) is 4.97. The summed E-state index contributed by atoms with van der Waals surface area (Å²) in [5.41, 5.74) is 3.22. The maximum atomic E-state index is 12.7. The number of esters is 1. The van der Waals surface area contributed by atoms with E-state index in [1.54, 1.807) is 23.1 Å². The lowest BCUT2D eigenvalue weighted by molar-refractivity contribution is -0.136. The van der Waals surface area contributed by atoms with Crippen molar-refractivity contribution in [2.24, 2.45) is 10.9 Å². The monoisotopic (exact) mass is 363 g/mol. The number of methoxy groups -OCH3 is 1. The van der Waals surface area contributed by atoms with Gasteiger partial charge in [-0.3, -0.25) is 9.79 Å². The molecule has 0 amide bonds. The van der Waals surface area contributed by atoms with Crippen LogP contribution in [0.4, 0.5) is 0 Å². The van der Waals surface area contributed by atoms with E-state index in [-0.39, 0.29) is 23.6 Å². The molecule has 1 aromatic heterocycles. The Balaban J connectivity index is 2.22. The van der Waals surface area contributed by atoms with Crippen LogP contribution in [0, 0.1) is 12.8 Å². The van der Waals surface area contributed by atoms with Crippen LogP contribution in [-0.4, -0.2) is 30.8 Å². The molecule has 2 aliphatic rings. The fraction of sp³-hybridized carbons (Fsp3) is 0.500. The molecule has 1 fully saturated rings. The number of thioether (sulfide) groups is 1. The van der Waals surface area contributed by atoms with Gasteiger partial charge >= 0.3 is 5.97 Å². The van der Waals surface area contributed by atoms with Gasteiger partial charge in [0.2, 0.25) is 0 Å². The average Bonchev–Trinajstić information content (AvgIpc) is 2.93. The highest BCUT2D eigenvalue weighted by Crippen LogP contribution is 2.47. The molecule has 4 nitrogen and oxygen atoms in total. The van der Waals surface area contributed by atoms with Gasteiger partial charge in [-0.25, -0.2) is 4.79 Å². The van der Waals surface area contributed by atoms with E-state index in [9.17, 15) is 9.59 Å². The predicted octanol–water partition coefficient (Wildman–Crippen LogP) is 4.13. The molecule has 3 rings (SSSR count). The lowest BCUT2D eigenvalue weighted by Gasteiger charge is -2.35. The average molecular weight is 364 g/mol. The fourth-order valence-corrected chi connectivity index (χ4v) is 5.65. The summed E-state index contributed by atoms with van der Waals surface area (Å²) in [7, 11) is 1.38. The largest absolute Gasteiger partial charge is 0.466 e. The van der Waals surface area contributed by atoms with E-state index in [2.05, 4.69) is 18.0 Å². The summed E-state index contributed by atoms with van der Waals surface area (Å²) in [4.78, 5) is 31.0. The van der Waals surface area contributed by atoms with Crippen molar-refractivity contribution in [1.82, 2.24) is 0 Å². The Morgan fingerprint density at radius 3 is 2.75 bits per heavy atom. The molecule has 1 aliphatic carbocycles. The molecule has 1 aromatic rings. The van der Waals surface area contributed by atoms with Crippen molar-refractivity contribution < 1.29 is 14.3 Å². The van der Waals surface area contributed by atoms with Crippen LogP contribution in [0.2, 0.25) is 0 Å². The molecular formula is C18H21NO3S2. The normalized spacial score (nSPS) is 23.8. The smallest absolute Gasteiger partial charge is 0.336 e. The van der Waals surface area contributed by atoms with E-state index in [0.717, 1.165) is 28.3 Å². The second-order valence-electron chi connectivity index (χ2n) is 6.17. The third kappa shape index (κ3) is 2.86. The number of hydrogen-bond donors (Lipinski definition) is 0. The Hall–Kier alpha value is -1.40. The zero-order chi connectivity index (χ0) is 17.4. The number of carbonyl (C=O) groups excluding carboxylic acids is 2. The van der Waals surface area contributed by atoms with Crippen LogP contribution in [0.25, 0.3) is 0 Å². The van der Waals surface area contributed by atoms with Gasteiger partial charge < -0.3 is 4.74 Å². The molecule has 0 saturated heterocycles. The third-order valence-electron chi connectivity index (χ3n) is 4.68. The maximum Gasteiger partial charge on any atom is 0.336 e. The summed E-state index contributed by atoms with van der Waals surface area (Å²) in [6.45, 7) is 3.91. The summed E-state index contributed by atoms with van der Waals surface area (Å²) in [6.07, 6.45) is 4.27. The van der Waals surface area contributed by atoms with Crippen LogP contribution in [0.15, 0.2) is 26.5 Å². The first-order chi connectivity index (χ1) is 11.5. The minimum absolute atomic E-state index is 0.190. The van der Waals surface area contributed by atoms with Crippen molar-refractivity contribution in [3.8, 4) is 0 Å². The summed E-state index contributed by atoms with van der Waals surface area (Å²) in [5, 5.41) is 0. The standard InChI is InChI=1S/C18H21NO3S2/c1-9-8-11(18(23-4)24-9)15-14(17(21)22-3)10(2)19-12-6-5-7-13(20)16(12)15/h8,15-16H,5-7H2,1-4H3/t15-,16?/m1/s1. The molecule has 128 valence electrons. The van der Waals surface area contributed by atoms with Crippen molar-refractivity contribution in [1.29, 1.82) is 0 Å². The number of carbonyl (C=O) groups is 2. The number of aliphatic imine (C=N–C) groups is 1. The van der Waals surface area contributed by atoms with Crippen LogP contribution >= 0.6 is 23.1 Å². The Bertz CT molecular complexity index is 760. The van der Waals surface area contributed by atoms with Crippen LogP contribution in [0.1, 0.15) is 42.5 Å². The molecule has 0 radical (unpaired) electrons. The highest BCUT2D eigenvalue weighted by Gasteiger charge is 2.44. The lowest BCUT2D eigenvalue weighted by atomic mass is 9.70. The van der Waals surface area contributed by atoms with Gasteiger partial charge in [0.1, 0.15) is 5.78 Å². The highest BCUT2D eigenvalue weighted by atomic mass is 32.2. The minimum atomic E-state index is -0.380. The first-order valence-corrected chi connectivity index (χ1v) is 10.1. The number of fused-ring (bicyclic) bond motifs is 1. The molecule has 24 heavy (non-hydrogen) atoms. The summed E-state index contributed by atoms with van der Waals surface area (Å²) < 4.78 is 6.18. The fourth-order valence-electron chi connectivity index (χ4n) is 3.72. The summed E-state index contributed by atoms with van der Waals surface area (Å²) >= 11 is 3.37.